The number of nitrogens with two attached hydrogens (primary N) is 1. The molecule has 1 amide bonds. The number of nitrogens with zero attached hydrogens (tertiary/aromatic N) is 7. The number of aromatic nitrogens is 6. The van der Waals surface area contributed by atoms with Gasteiger partial charge in [0, 0.05) is 31.0 Å². The molecular weight excluding hydrogens is 546 g/mol. The molecule has 12 heteroatoms. The highest BCUT2D eigenvalue weighted by atomic mass is 35.5. The molecule has 0 saturated carbocycles. The minimum atomic E-state index is -0.152. The Balaban J connectivity index is 0.00000289. The Bertz CT molecular complexity index is 1890. The molecular formula is C28H26ClN9OS. The van der Waals surface area contributed by atoms with E-state index in [1.165, 1.54) is 37.4 Å². The van der Waals surface area contributed by atoms with Crippen LogP contribution in [0.1, 0.15) is 25.3 Å². The molecule has 3 N–H and O–H groups in total. The van der Waals surface area contributed by atoms with Gasteiger partial charge in [0.15, 0.2) is 10.8 Å². The third-order valence-electron chi connectivity index (χ3n) is 7.04. The molecule has 0 unspecified atom stereocenters. The van der Waals surface area contributed by atoms with E-state index in [1.54, 1.807) is 0 Å². The van der Waals surface area contributed by atoms with Crippen molar-refractivity contribution in [2.75, 3.05) is 29.0 Å². The van der Waals surface area contributed by atoms with Crippen LogP contribution in [0.3, 0.4) is 0 Å². The van der Waals surface area contributed by atoms with E-state index >= 15 is 0 Å². The van der Waals surface area contributed by atoms with Crippen molar-refractivity contribution in [1.82, 2.24) is 29.7 Å². The number of carbonyl (C=O) groups is 1. The maximum absolute atomic E-state index is 11.5. The number of hydrogen-bond donors (Lipinski definition) is 2. The number of benzene rings is 2. The lowest BCUT2D eigenvalue weighted by Crippen LogP contribution is -2.19. The summed E-state index contributed by atoms with van der Waals surface area (Å²) in [6.45, 7) is 4.02. The maximum atomic E-state index is 11.5. The number of halogens is 1. The van der Waals surface area contributed by atoms with E-state index < -0.39 is 0 Å². The van der Waals surface area contributed by atoms with Crippen LogP contribution in [0.2, 0.25) is 0 Å². The van der Waals surface area contributed by atoms with Gasteiger partial charge in [-0.1, -0.05) is 35.6 Å². The monoisotopic (exact) mass is 571 g/mol. The second-order valence-corrected chi connectivity index (χ2v) is 10.7. The molecule has 0 bridgehead atoms. The van der Waals surface area contributed by atoms with Crippen molar-refractivity contribution in [2.24, 2.45) is 0 Å². The van der Waals surface area contributed by atoms with E-state index in [2.05, 4.69) is 43.4 Å². The Kier molecular flexibility index (Phi) is 6.68. The smallest absolute Gasteiger partial charge is 0.223 e. The predicted molar refractivity (Wildman–Crippen MR) is 162 cm³/mol. The van der Waals surface area contributed by atoms with E-state index in [0.717, 1.165) is 51.2 Å². The van der Waals surface area contributed by atoms with Crippen LogP contribution in [-0.2, 0) is 11.3 Å². The Morgan fingerprint density at radius 1 is 1.05 bits per heavy atom. The van der Waals surface area contributed by atoms with E-state index in [-0.39, 0.29) is 18.3 Å². The molecule has 202 valence electrons. The fourth-order valence-corrected chi connectivity index (χ4v) is 6.20. The number of fused-ring (bicyclic) bond motifs is 3. The molecule has 0 spiro atoms. The van der Waals surface area contributed by atoms with E-state index in [4.69, 9.17) is 15.8 Å². The molecule has 6 aromatic rings. The topological polar surface area (TPSA) is 128 Å². The molecule has 1 aliphatic rings. The molecule has 1 fully saturated rings. The van der Waals surface area contributed by atoms with Crippen molar-refractivity contribution in [2.45, 2.75) is 26.3 Å². The first-order valence-electron chi connectivity index (χ1n) is 12.8. The minimum Gasteiger partial charge on any atom is -0.383 e. The molecule has 7 rings (SSSR count). The molecule has 40 heavy (non-hydrogen) atoms. The third kappa shape index (κ3) is 4.56. The fourth-order valence-electron chi connectivity index (χ4n) is 5.25. The van der Waals surface area contributed by atoms with Gasteiger partial charge >= 0.3 is 0 Å². The van der Waals surface area contributed by atoms with Crippen molar-refractivity contribution >= 4 is 78.6 Å². The molecule has 1 saturated heterocycles. The van der Waals surface area contributed by atoms with Crippen LogP contribution in [0.25, 0.3) is 43.4 Å². The van der Waals surface area contributed by atoms with Crippen LogP contribution in [-0.4, -0.2) is 48.7 Å². The van der Waals surface area contributed by atoms with Crippen molar-refractivity contribution in [3.05, 3.63) is 60.4 Å². The summed E-state index contributed by atoms with van der Waals surface area (Å²) in [6, 6.07) is 16.3. The summed E-state index contributed by atoms with van der Waals surface area (Å²) in [6.07, 6.45) is 3.85. The second kappa shape index (κ2) is 10.3. The van der Waals surface area contributed by atoms with Crippen molar-refractivity contribution in [3.8, 4) is 11.3 Å². The van der Waals surface area contributed by atoms with Gasteiger partial charge in [0.25, 0.3) is 0 Å². The molecule has 5 heterocycles. The number of nitrogen functional groups attached to an aromatic ring is 1. The zero-order valence-corrected chi connectivity index (χ0v) is 23.3. The van der Waals surface area contributed by atoms with Gasteiger partial charge in [-0.05, 0) is 42.7 Å². The minimum absolute atomic E-state index is 0. The second-order valence-electron chi connectivity index (χ2n) is 9.70. The first-order valence-corrected chi connectivity index (χ1v) is 13.6. The van der Waals surface area contributed by atoms with Gasteiger partial charge in [-0.3, -0.25) is 4.79 Å². The summed E-state index contributed by atoms with van der Waals surface area (Å²) in [4.78, 5) is 32.2. The number of pyridine rings is 1. The number of nitrogens with one attached hydrogen (secondary N) is 1. The molecule has 0 radical (unpaired) electrons. The number of anilines is 3. The SMILES string of the molecule is CC(=O)Nc1nc2ccc(-c3nn(Cc4cc(N5CCCC5)nc5ccccc45)c4ncnc(N)c34)cc2s1.Cl. The Morgan fingerprint density at radius 2 is 1.88 bits per heavy atom. The summed E-state index contributed by atoms with van der Waals surface area (Å²) in [5.41, 5.74) is 11.5. The van der Waals surface area contributed by atoms with Gasteiger partial charge < -0.3 is 16.0 Å². The highest BCUT2D eigenvalue weighted by Gasteiger charge is 2.20. The Morgan fingerprint density at radius 3 is 2.70 bits per heavy atom. The Hall–Kier alpha value is -4.35. The number of hydrogen-bond acceptors (Lipinski definition) is 9. The number of thiazole rings is 1. The molecule has 0 atom stereocenters. The summed E-state index contributed by atoms with van der Waals surface area (Å²) in [7, 11) is 0. The molecule has 1 aliphatic heterocycles. The zero-order valence-electron chi connectivity index (χ0n) is 21.7. The van der Waals surface area contributed by atoms with Gasteiger partial charge in [-0.2, -0.15) is 5.10 Å². The van der Waals surface area contributed by atoms with Crippen LogP contribution in [0.4, 0.5) is 16.8 Å². The van der Waals surface area contributed by atoms with Gasteiger partial charge in [0.2, 0.25) is 5.91 Å². The van der Waals surface area contributed by atoms with Crippen LogP contribution >= 0.6 is 23.7 Å². The van der Waals surface area contributed by atoms with E-state index in [1.807, 2.05) is 35.0 Å². The molecule has 2 aromatic carbocycles. The first-order chi connectivity index (χ1) is 19.0. The van der Waals surface area contributed by atoms with Crippen LogP contribution in [0.5, 0.6) is 0 Å². The van der Waals surface area contributed by atoms with Gasteiger partial charge in [-0.25, -0.2) is 24.6 Å². The highest BCUT2D eigenvalue weighted by molar-refractivity contribution is 7.22. The molecule has 4 aromatic heterocycles. The van der Waals surface area contributed by atoms with Crippen LogP contribution < -0.4 is 16.0 Å². The van der Waals surface area contributed by atoms with Gasteiger partial charge in [0.05, 0.1) is 27.7 Å². The average Bonchev–Trinajstić information content (AvgIpc) is 3.67. The largest absolute Gasteiger partial charge is 0.383 e. The zero-order chi connectivity index (χ0) is 26.5. The van der Waals surface area contributed by atoms with Gasteiger partial charge in [0.1, 0.15) is 23.7 Å². The van der Waals surface area contributed by atoms with Crippen LogP contribution in [0.15, 0.2) is 54.9 Å². The number of para-hydroxylation sites is 1. The van der Waals surface area contributed by atoms with E-state index in [9.17, 15) is 4.79 Å². The first kappa shape index (κ1) is 25.9. The number of carbonyl (C=O) groups excluding carboxylic acids is 1. The van der Waals surface area contributed by atoms with E-state index in [0.29, 0.717) is 34.2 Å². The fraction of sp³-hybridized carbons (Fsp3) is 0.214. The standard InChI is InChI=1S/C28H25N9OS.ClH/c1-16(38)32-28-34-21-9-8-17(12-22(21)39-28)25-24-26(29)30-15-31-27(24)37(35-25)14-18-13-23(36-10-4-5-11-36)33-20-7-3-2-6-19(18)20;/h2-3,6-9,12-13,15H,4-5,10-11,14H2,1H3,(H2,29,30,31)(H,32,34,38);1H. The lowest BCUT2D eigenvalue weighted by molar-refractivity contribution is -0.114. The quantitative estimate of drug-likeness (QED) is 0.287. The highest BCUT2D eigenvalue weighted by Crippen LogP contribution is 2.35. The lowest BCUT2D eigenvalue weighted by Gasteiger charge is -2.19. The molecule has 0 aliphatic carbocycles. The Labute approximate surface area is 239 Å². The summed E-state index contributed by atoms with van der Waals surface area (Å²) < 4.78 is 2.84. The van der Waals surface area contributed by atoms with Crippen molar-refractivity contribution in [1.29, 1.82) is 0 Å². The van der Waals surface area contributed by atoms with Crippen molar-refractivity contribution in [3.63, 3.8) is 0 Å². The van der Waals surface area contributed by atoms with Gasteiger partial charge in [-0.15, -0.1) is 12.4 Å². The summed E-state index contributed by atoms with van der Waals surface area (Å²) in [5.74, 6) is 1.22. The number of rotatable bonds is 5. The predicted octanol–water partition coefficient (Wildman–Crippen LogP) is 5.26. The third-order valence-corrected chi connectivity index (χ3v) is 7.98. The lowest BCUT2D eigenvalue weighted by atomic mass is 10.1. The summed E-state index contributed by atoms with van der Waals surface area (Å²) >= 11 is 1.42. The summed E-state index contributed by atoms with van der Waals surface area (Å²) in [5, 5.41) is 10.1. The van der Waals surface area contributed by atoms with Crippen LogP contribution in [0, 0.1) is 0 Å². The molecule has 10 nitrogen and oxygen atoms in total. The van der Waals surface area contributed by atoms with Crippen molar-refractivity contribution < 1.29 is 4.79 Å². The number of amides is 1. The average molecular weight is 572 g/mol. The maximum Gasteiger partial charge on any atom is 0.223 e. The normalized spacial score (nSPS) is 13.3.